The minimum absolute atomic E-state index is 0.0221. The molecule has 1 N–H and O–H groups in total. The van der Waals surface area contributed by atoms with Gasteiger partial charge in [-0.25, -0.2) is 18.4 Å². The summed E-state index contributed by atoms with van der Waals surface area (Å²) in [5.41, 5.74) is 1.42. The molecule has 3 aromatic rings. The summed E-state index contributed by atoms with van der Waals surface area (Å²) >= 11 is 13.1. The summed E-state index contributed by atoms with van der Waals surface area (Å²) in [4.78, 5) is 31.3. The van der Waals surface area contributed by atoms with Crippen LogP contribution in [-0.4, -0.2) is 42.3 Å². The maximum Gasteiger partial charge on any atom is 0.410 e. The first-order valence-electron chi connectivity index (χ1n) is 12.8. The lowest BCUT2D eigenvalue weighted by Gasteiger charge is -2.40. The highest BCUT2D eigenvalue weighted by Gasteiger charge is 2.38. The maximum atomic E-state index is 14.9. The van der Waals surface area contributed by atoms with Crippen LogP contribution >= 0.6 is 23.2 Å². The molecule has 2 heterocycles. The zero-order valence-electron chi connectivity index (χ0n) is 22.2. The van der Waals surface area contributed by atoms with Crippen molar-refractivity contribution < 1.29 is 23.1 Å². The van der Waals surface area contributed by atoms with E-state index >= 15 is 0 Å². The van der Waals surface area contributed by atoms with Crippen LogP contribution in [0, 0.1) is 11.6 Å². The van der Waals surface area contributed by atoms with Gasteiger partial charge >= 0.3 is 12.1 Å². The van der Waals surface area contributed by atoms with Crippen LogP contribution in [0.15, 0.2) is 54.6 Å². The van der Waals surface area contributed by atoms with Crippen molar-refractivity contribution in [1.82, 2.24) is 10.2 Å². The number of halogens is 4. The topological polar surface area (TPSA) is 65.1 Å². The molecule has 210 valence electrons. The van der Waals surface area contributed by atoms with Crippen LogP contribution in [0.25, 0.3) is 0 Å². The molecule has 1 saturated heterocycles. The SMILES string of the molecule is CC(C)(C)OC(=O)N1CCNCC1c1ccc2c(c1)N(c1c(Cl)cccc1Cl)C(=O)N(c1ccc(F)cc1F)C2. The molecule has 1 unspecified atom stereocenters. The number of nitrogens with one attached hydrogen (secondary N) is 1. The molecule has 7 nitrogen and oxygen atoms in total. The average molecular weight is 589 g/mol. The van der Waals surface area contributed by atoms with E-state index in [1.165, 1.54) is 15.9 Å². The number of para-hydroxylation sites is 1. The van der Waals surface area contributed by atoms with Crippen LogP contribution < -0.4 is 15.1 Å². The summed E-state index contributed by atoms with van der Waals surface area (Å²) in [5.74, 6) is -1.63. The van der Waals surface area contributed by atoms with Gasteiger partial charge in [0.05, 0.1) is 39.7 Å². The maximum absolute atomic E-state index is 14.9. The van der Waals surface area contributed by atoms with Gasteiger partial charge in [0, 0.05) is 25.7 Å². The molecule has 0 spiro atoms. The predicted octanol–water partition coefficient (Wildman–Crippen LogP) is 7.43. The lowest BCUT2D eigenvalue weighted by molar-refractivity contribution is 0.0118. The average Bonchev–Trinajstić information content (AvgIpc) is 2.88. The van der Waals surface area contributed by atoms with E-state index < -0.39 is 29.4 Å². The Hall–Kier alpha value is -3.40. The lowest BCUT2D eigenvalue weighted by atomic mass is 9.98. The second-order valence-electron chi connectivity index (χ2n) is 10.7. The molecule has 40 heavy (non-hydrogen) atoms. The Bertz CT molecular complexity index is 1460. The molecular formula is C29H28Cl2F2N4O3. The molecule has 2 aliphatic heterocycles. The molecule has 0 saturated carbocycles. The van der Waals surface area contributed by atoms with Crippen LogP contribution in [0.1, 0.15) is 37.9 Å². The molecular weight excluding hydrogens is 561 g/mol. The molecule has 0 bridgehead atoms. The molecule has 0 aliphatic carbocycles. The number of benzene rings is 3. The molecule has 5 rings (SSSR count). The minimum atomic E-state index is -0.875. The van der Waals surface area contributed by atoms with Gasteiger partial charge in [-0.2, -0.15) is 0 Å². The Morgan fingerprint density at radius 2 is 1.75 bits per heavy atom. The monoisotopic (exact) mass is 588 g/mol. The number of rotatable bonds is 3. The first kappa shape index (κ1) is 28.1. The highest BCUT2D eigenvalue weighted by molar-refractivity contribution is 6.40. The largest absolute Gasteiger partial charge is 0.444 e. The van der Waals surface area contributed by atoms with E-state index in [-0.39, 0.29) is 34.0 Å². The lowest BCUT2D eigenvalue weighted by Crippen LogP contribution is -2.50. The van der Waals surface area contributed by atoms with Crippen LogP contribution in [0.2, 0.25) is 10.0 Å². The number of fused-ring (bicyclic) bond motifs is 1. The van der Waals surface area contributed by atoms with Crippen molar-refractivity contribution in [2.24, 2.45) is 0 Å². The first-order chi connectivity index (χ1) is 18.9. The predicted molar refractivity (Wildman–Crippen MR) is 152 cm³/mol. The minimum Gasteiger partial charge on any atom is -0.444 e. The Morgan fingerprint density at radius 3 is 2.42 bits per heavy atom. The molecule has 0 aromatic heterocycles. The summed E-state index contributed by atoms with van der Waals surface area (Å²) < 4.78 is 34.2. The van der Waals surface area contributed by atoms with Crippen molar-refractivity contribution in [2.45, 2.75) is 39.0 Å². The summed E-state index contributed by atoms with van der Waals surface area (Å²) in [6.07, 6.45) is -0.434. The van der Waals surface area contributed by atoms with Crippen molar-refractivity contribution in [1.29, 1.82) is 0 Å². The Balaban J connectivity index is 1.62. The smallest absolute Gasteiger partial charge is 0.410 e. The Morgan fingerprint density at radius 1 is 1.02 bits per heavy atom. The fraction of sp³-hybridized carbons (Fsp3) is 0.310. The number of ether oxygens (including phenoxy) is 1. The van der Waals surface area contributed by atoms with Gasteiger partial charge in [-0.05, 0) is 62.2 Å². The van der Waals surface area contributed by atoms with Gasteiger partial charge in [-0.15, -0.1) is 0 Å². The van der Waals surface area contributed by atoms with Crippen LogP contribution in [0.3, 0.4) is 0 Å². The van der Waals surface area contributed by atoms with E-state index in [0.717, 1.165) is 17.7 Å². The van der Waals surface area contributed by atoms with Gasteiger partial charge in [0.25, 0.3) is 0 Å². The molecule has 1 fully saturated rings. The third-order valence-corrected chi connectivity index (χ3v) is 7.33. The van der Waals surface area contributed by atoms with Gasteiger partial charge in [0.15, 0.2) is 0 Å². The molecule has 0 radical (unpaired) electrons. The fourth-order valence-corrected chi connectivity index (χ4v) is 5.51. The third-order valence-electron chi connectivity index (χ3n) is 6.72. The number of anilines is 3. The highest BCUT2D eigenvalue weighted by atomic mass is 35.5. The summed E-state index contributed by atoms with van der Waals surface area (Å²) in [7, 11) is 0. The number of urea groups is 1. The van der Waals surface area contributed by atoms with Gasteiger partial charge in [0.2, 0.25) is 0 Å². The second-order valence-corrected chi connectivity index (χ2v) is 11.5. The third kappa shape index (κ3) is 5.46. The van der Waals surface area contributed by atoms with E-state index in [1.807, 2.05) is 39.0 Å². The van der Waals surface area contributed by atoms with E-state index in [0.29, 0.717) is 30.9 Å². The summed E-state index contributed by atoms with van der Waals surface area (Å²) in [5, 5.41) is 3.75. The van der Waals surface area contributed by atoms with Gasteiger partial charge in [0.1, 0.15) is 17.2 Å². The van der Waals surface area contributed by atoms with Crippen molar-refractivity contribution in [3.05, 3.63) is 87.4 Å². The van der Waals surface area contributed by atoms with Crippen molar-refractivity contribution >= 4 is 52.4 Å². The van der Waals surface area contributed by atoms with Crippen LogP contribution in [-0.2, 0) is 11.3 Å². The zero-order chi connectivity index (χ0) is 28.8. The summed E-state index contributed by atoms with van der Waals surface area (Å²) in [6, 6.07) is 12.4. The summed E-state index contributed by atoms with van der Waals surface area (Å²) in [6.45, 7) is 6.99. The number of carbonyl (C=O) groups is 2. The number of hydrogen-bond acceptors (Lipinski definition) is 4. The number of hydrogen-bond donors (Lipinski definition) is 1. The zero-order valence-corrected chi connectivity index (χ0v) is 23.7. The van der Waals surface area contributed by atoms with E-state index in [4.69, 9.17) is 27.9 Å². The van der Waals surface area contributed by atoms with Gasteiger partial charge in [-0.1, -0.05) is 41.4 Å². The van der Waals surface area contributed by atoms with E-state index in [9.17, 15) is 18.4 Å². The Labute approximate surface area is 241 Å². The van der Waals surface area contributed by atoms with Crippen LogP contribution in [0.4, 0.5) is 35.4 Å². The Kier molecular flexibility index (Phi) is 7.65. The molecule has 11 heteroatoms. The normalized spacial score (nSPS) is 17.6. The fourth-order valence-electron chi connectivity index (χ4n) is 4.94. The second kappa shape index (κ2) is 10.9. The molecule has 1 atom stereocenters. The van der Waals surface area contributed by atoms with Crippen molar-refractivity contribution in [3.8, 4) is 0 Å². The van der Waals surface area contributed by atoms with Crippen molar-refractivity contribution in [3.63, 3.8) is 0 Å². The molecule has 3 amide bonds. The number of nitrogens with zero attached hydrogens (tertiary/aromatic N) is 3. The van der Waals surface area contributed by atoms with E-state index in [2.05, 4.69) is 5.32 Å². The first-order valence-corrected chi connectivity index (χ1v) is 13.5. The number of carbonyl (C=O) groups excluding carboxylic acids is 2. The quantitative estimate of drug-likeness (QED) is 0.345. The van der Waals surface area contributed by atoms with Gasteiger partial charge < -0.3 is 10.1 Å². The highest BCUT2D eigenvalue weighted by Crippen LogP contribution is 2.44. The van der Waals surface area contributed by atoms with Crippen LogP contribution in [0.5, 0.6) is 0 Å². The van der Waals surface area contributed by atoms with Crippen molar-refractivity contribution in [2.75, 3.05) is 29.4 Å². The van der Waals surface area contributed by atoms with E-state index in [1.54, 1.807) is 23.1 Å². The van der Waals surface area contributed by atoms with Gasteiger partial charge in [-0.3, -0.25) is 14.7 Å². The number of piperazine rings is 1. The molecule has 3 aromatic carbocycles. The number of amides is 3. The molecule has 2 aliphatic rings. The standard InChI is InChI=1S/C29H28Cl2F2N4O3/c1-29(2,3)40-28(39)35-12-11-34-15-25(35)17-7-8-18-16-36(23-10-9-19(32)14-22(23)33)27(38)37(24(18)13-17)26-20(30)5-4-6-21(26)31/h4-10,13-14,25,34H,11-12,15-16H2,1-3H3.